The molecule has 1 aromatic heterocycles. The molecule has 0 fully saturated rings. The molecule has 0 aliphatic carbocycles. The molecule has 1 atom stereocenters. The molecule has 0 N–H and O–H groups in total. The van der Waals surface area contributed by atoms with Gasteiger partial charge < -0.3 is 21.8 Å². The maximum atomic E-state index is 9.75. The van der Waals surface area contributed by atoms with Crippen LogP contribution in [0.25, 0.3) is 0 Å². The lowest BCUT2D eigenvalue weighted by Crippen LogP contribution is -2.06. The van der Waals surface area contributed by atoms with Gasteiger partial charge in [0.2, 0.25) is 0 Å². The predicted molar refractivity (Wildman–Crippen MR) is 79.6 cm³/mol. The van der Waals surface area contributed by atoms with Gasteiger partial charge in [0.05, 0.1) is 6.33 Å². The third-order valence-electron chi connectivity index (χ3n) is 3.03. The molecule has 0 amide bonds. The maximum Gasteiger partial charge on any atom is 0.673 e. The van der Waals surface area contributed by atoms with Gasteiger partial charge in [0.15, 0.2) is 0 Å². The van der Waals surface area contributed by atoms with Gasteiger partial charge in [0, 0.05) is 18.4 Å². The van der Waals surface area contributed by atoms with E-state index >= 15 is 0 Å². The summed E-state index contributed by atoms with van der Waals surface area (Å²) in [5, 5.41) is 0. The molecule has 0 saturated heterocycles. The quantitative estimate of drug-likeness (QED) is 0.249. The number of nitrogens with zero attached hydrogens (tertiary/aromatic N) is 2. The van der Waals surface area contributed by atoms with Crippen LogP contribution in [0.4, 0.5) is 17.3 Å². The lowest BCUT2D eigenvalue weighted by molar-refractivity contribution is 0.368. The van der Waals surface area contributed by atoms with Crippen LogP contribution in [-0.2, 0) is 0 Å². The maximum absolute atomic E-state index is 9.75. The van der Waals surface area contributed by atoms with Crippen LogP contribution >= 0.6 is 0 Å². The van der Waals surface area contributed by atoms with Crippen molar-refractivity contribution >= 4 is 7.25 Å². The minimum absolute atomic E-state index is 0.557. The van der Waals surface area contributed by atoms with Crippen molar-refractivity contribution in [2.45, 2.75) is 57.9 Å². The monoisotopic (exact) mass is 307 g/mol. The van der Waals surface area contributed by atoms with E-state index in [0.717, 1.165) is 6.42 Å². The summed E-state index contributed by atoms with van der Waals surface area (Å²) in [6.07, 6.45) is 16.9. The molecular weight excluding hydrogens is 283 g/mol. The highest BCUT2D eigenvalue weighted by Gasteiger charge is 2.20. The topological polar surface area (TPSA) is 17.8 Å². The summed E-state index contributed by atoms with van der Waals surface area (Å²) in [4.78, 5) is 4.11. The number of unbranched alkanes of at least 4 members (excludes halogenated alkanes) is 4. The van der Waals surface area contributed by atoms with Crippen molar-refractivity contribution in [3.8, 4) is 0 Å². The number of aromatic nitrogens is 2. The Labute approximate surface area is 124 Å². The molecule has 1 rings (SSSR count). The highest BCUT2D eigenvalue weighted by atomic mass is 19.5. The van der Waals surface area contributed by atoms with Crippen LogP contribution in [0.2, 0.25) is 0 Å². The Hall–Kier alpha value is -1.27. The van der Waals surface area contributed by atoms with Gasteiger partial charge in [0.1, 0.15) is 0 Å². The van der Waals surface area contributed by atoms with Gasteiger partial charge in [-0.1, -0.05) is 45.1 Å². The van der Waals surface area contributed by atoms with Gasteiger partial charge in [-0.3, -0.25) is 0 Å². The van der Waals surface area contributed by atoms with E-state index in [0.29, 0.717) is 6.04 Å². The molecule has 0 aliphatic heterocycles. The van der Waals surface area contributed by atoms with E-state index in [1.807, 2.05) is 18.6 Å². The first kappa shape index (κ1) is 19.7. The minimum Gasteiger partial charge on any atom is -0.418 e. The van der Waals surface area contributed by atoms with Crippen LogP contribution in [0.15, 0.2) is 31.4 Å². The Bertz CT molecular complexity index is 346. The number of hydrogen-bond donors (Lipinski definition) is 0. The zero-order valence-electron chi connectivity index (χ0n) is 12.5. The predicted octanol–water partition coefficient (Wildman–Crippen LogP) is 5.66. The van der Waals surface area contributed by atoms with Gasteiger partial charge >= 0.3 is 7.25 Å². The highest BCUT2D eigenvalue weighted by Crippen LogP contribution is 2.20. The van der Waals surface area contributed by atoms with E-state index in [4.69, 9.17) is 0 Å². The first-order chi connectivity index (χ1) is 9.88. The average molecular weight is 307 g/mol. The Kier molecular flexibility index (Phi) is 10.7. The number of allylic oxidation sites excluding steroid dienone is 1. The zero-order valence-corrected chi connectivity index (χ0v) is 12.5. The molecule has 0 aliphatic rings. The Morgan fingerprint density at radius 1 is 1.19 bits per heavy atom. The first-order valence-electron chi connectivity index (χ1n) is 7.34. The van der Waals surface area contributed by atoms with Crippen molar-refractivity contribution in [3.05, 3.63) is 31.4 Å². The van der Waals surface area contributed by atoms with Crippen LogP contribution in [0.3, 0.4) is 0 Å². The smallest absolute Gasteiger partial charge is 0.418 e. The van der Waals surface area contributed by atoms with Crippen molar-refractivity contribution in [1.29, 1.82) is 0 Å². The van der Waals surface area contributed by atoms with Crippen molar-refractivity contribution in [1.82, 2.24) is 9.55 Å². The lowest BCUT2D eigenvalue weighted by atomic mass is 10.0. The molecule has 1 heterocycles. The lowest BCUT2D eigenvalue weighted by Gasteiger charge is -2.16. The molecule has 0 bridgehead atoms. The van der Waals surface area contributed by atoms with E-state index in [9.17, 15) is 17.3 Å². The van der Waals surface area contributed by atoms with Crippen LogP contribution < -0.4 is 0 Å². The largest absolute Gasteiger partial charge is 0.673 e. The fraction of sp³-hybridized carbons (Fsp3) is 0.643. The molecular formula is C14H24BF4N2-. The number of hydrogen-bond acceptors (Lipinski definition) is 1. The second-order valence-corrected chi connectivity index (χ2v) is 4.89. The third-order valence-corrected chi connectivity index (χ3v) is 3.03. The van der Waals surface area contributed by atoms with Crippen LogP contribution in [0, 0.1) is 0 Å². The second kappa shape index (κ2) is 11.4. The third kappa shape index (κ3) is 13.5. The van der Waals surface area contributed by atoms with E-state index in [1.165, 1.54) is 38.5 Å². The van der Waals surface area contributed by atoms with Gasteiger partial charge in [-0.25, -0.2) is 4.98 Å². The summed E-state index contributed by atoms with van der Waals surface area (Å²) >= 11 is 0. The minimum atomic E-state index is -6.00. The summed E-state index contributed by atoms with van der Waals surface area (Å²) in [5.74, 6) is 0. The standard InChI is InChI=1S/C14H24N2.BF4/c1-3-5-6-7-8-10-14(9-4-2)16-12-11-15-13-16;2-1(3,4)5/h4,11-14H,2-3,5-10H2,1H3;/q;-1. The molecule has 1 unspecified atom stereocenters. The zero-order chi connectivity index (χ0) is 16.1. The summed E-state index contributed by atoms with van der Waals surface area (Å²) in [6, 6.07) is 0.557. The number of halogens is 4. The van der Waals surface area contributed by atoms with Crippen LogP contribution in [0.1, 0.15) is 57.9 Å². The van der Waals surface area contributed by atoms with Crippen molar-refractivity contribution in [2.24, 2.45) is 0 Å². The molecule has 0 saturated carbocycles. The summed E-state index contributed by atoms with van der Waals surface area (Å²) in [5.41, 5.74) is 0. The molecule has 122 valence electrons. The fourth-order valence-corrected chi connectivity index (χ4v) is 2.05. The Balaban J connectivity index is 0.000000690. The van der Waals surface area contributed by atoms with E-state index in [1.54, 1.807) is 0 Å². The molecule has 7 heteroatoms. The Morgan fingerprint density at radius 3 is 2.29 bits per heavy atom. The van der Waals surface area contributed by atoms with E-state index < -0.39 is 7.25 Å². The molecule has 21 heavy (non-hydrogen) atoms. The van der Waals surface area contributed by atoms with Gasteiger partial charge in [0.25, 0.3) is 0 Å². The van der Waals surface area contributed by atoms with Gasteiger partial charge in [-0.2, -0.15) is 0 Å². The van der Waals surface area contributed by atoms with Crippen molar-refractivity contribution < 1.29 is 17.3 Å². The number of rotatable bonds is 9. The number of imidazole rings is 1. The molecule has 2 nitrogen and oxygen atoms in total. The van der Waals surface area contributed by atoms with Crippen LogP contribution in [-0.4, -0.2) is 16.8 Å². The van der Waals surface area contributed by atoms with Gasteiger partial charge in [-0.15, -0.1) is 6.58 Å². The molecule has 0 radical (unpaired) electrons. The van der Waals surface area contributed by atoms with E-state index in [2.05, 4.69) is 29.3 Å². The van der Waals surface area contributed by atoms with Crippen molar-refractivity contribution in [3.63, 3.8) is 0 Å². The average Bonchev–Trinajstić information content (AvgIpc) is 2.89. The SMILES string of the molecule is C=CCC(CCCCCCC)n1ccnc1.F[B-](F)(F)F. The summed E-state index contributed by atoms with van der Waals surface area (Å²) in [6.45, 7) is 6.09. The summed E-state index contributed by atoms with van der Waals surface area (Å²) < 4.78 is 41.2. The van der Waals surface area contributed by atoms with Crippen molar-refractivity contribution in [2.75, 3.05) is 0 Å². The first-order valence-corrected chi connectivity index (χ1v) is 7.34. The molecule has 0 spiro atoms. The Morgan fingerprint density at radius 2 is 1.81 bits per heavy atom. The normalized spacial score (nSPS) is 12.4. The fourth-order valence-electron chi connectivity index (χ4n) is 2.05. The summed E-state index contributed by atoms with van der Waals surface area (Å²) in [7, 11) is -6.00. The molecule has 0 aromatic carbocycles. The van der Waals surface area contributed by atoms with Crippen LogP contribution in [0.5, 0.6) is 0 Å². The van der Waals surface area contributed by atoms with E-state index in [-0.39, 0.29) is 0 Å². The second-order valence-electron chi connectivity index (χ2n) is 4.89. The highest BCUT2D eigenvalue weighted by molar-refractivity contribution is 6.50. The molecule has 1 aromatic rings. The van der Waals surface area contributed by atoms with Gasteiger partial charge in [-0.05, 0) is 12.8 Å².